The van der Waals surface area contributed by atoms with Crippen LogP contribution in [0.4, 0.5) is 0 Å². The van der Waals surface area contributed by atoms with E-state index in [4.69, 9.17) is 0 Å². The summed E-state index contributed by atoms with van der Waals surface area (Å²) in [4.78, 5) is 17.2. The summed E-state index contributed by atoms with van der Waals surface area (Å²) in [6.45, 7) is 8.47. The highest BCUT2D eigenvalue weighted by Gasteiger charge is 2.32. The van der Waals surface area contributed by atoms with Gasteiger partial charge in [0.05, 0.1) is 4.90 Å². The van der Waals surface area contributed by atoms with Crippen LogP contribution in [0.2, 0.25) is 0 Å². The highest BCUT2D eigenvalue weighted by atomic mass is 32.2. The SMILES string of the molecule is CC1CC(C)CN(S(=O)(=O)c2cccc(C(=O)N3CCCN(C)CC3)c2)C1. The quantitative estimate of drug-likeness (QED) is 0.789. The predicted molar refractivity (Wildman–Crippen MR) is 106 cm³/mol. The van der Waals surface area contributed by atoms with E-state index in [1.165, 1.54) is 0 Å². The number of rotatable bonds is 3. The maximum atomic E-state index is 13.1. The predicted octanol–water partition coefficient (Wildman–Crippen LogP) is 2.13. The third-order valence-electron chi connectivity index (χ3n) is 5.56. The maximum absolute atomic E-state index is 13.1. The summed E-state index contributed by atoms with van der Waals surface area (Å²) in [6, 6.07) is 6.56. The Kier molecular flexibility index (Phi) is 6.23. The van der Waals surface area contributed by atoms with E-state index < -0.39 is 10.0 Å². The molecule has 2 aliphatic rings. The second-order valence-electron chi connectivity index (χ2n) is 8.24. The number of likely N-dealkylation sites (N-methyl/N-ethyl adjacent to an activating group) is 1. The zero-order valence-corrected chi connectivity index (χ0v) is 17.4. The fourth-order valence-corrected chi connectivity index (χ4v) is 5.90. The minimum atomic E-state index is -3.58. The Morgan fingerprint density at radius 1 is 1.04 bits per heavy atom. The average molecular weight is 394 g/mol. The van der Waals surface area contributed by atoms with Crippen LogP contribution < -0.4 is 0 Å². The number of amides is 1. The van der Waals surface area contributed by atoms with Crippen LogP contribution in [0.5, 0.6) is 0 Å². The third kappa shape index (κ3) is 4.70. The van der Waals surface area contributed by atoms with Crippen molar-refractivity contribution >= 4 is 15.9 Å². The standard InChI is InChI=1S/C20H31N3O3S/c1-16-12-17(2)15-23(14-16)27(25,26)19-7-4-6-18(13-19)20(24)22-9-5-8-21(3)10-11-22/h4,6-7,13,16-17H,5,8-12,14-15H2,1-3H3. The van der Waals surface area contributed by atoms with E-state index in [-0.39, 0.29) is 10.8 Å². The molecule has 0 spiro atoms. The van der Waals surface area contributed by atoms with E-state index in [1.807, 2.05) is 4.90 Å². The molecule has 2 heterocycles. The molecule has 0 radical (unpaired) electrons. The molecule has 1 aromatic carbocycles. The van der Waals surface area contributed by atoms with Crippen LogP contribution in [0.3, 0.4) is 0 Å². The number of hydrogen-bond donors (Lipinski definition) is 0. The van der Waals surface area contributed by atoms with Gasteiger partial charge in [-0.25, -0.2) is 8.42 Å². The van der Waals surface area contributed by atoms with E-state index in [1.54, 1.807) is 28.6 Å². The molecule has 0 aliphatic carbocycles. The second-order valence-corrected chi connectivity index (χ2v) is 10.2. The Morgan fingerprint density at radius 2 is 1.74 bits per heavy atom. The lowest BCUT2D eigenvalue weighted by Crippen LogP contribution is -2.42. The van der Waals surface area contributed by atoms with Crippen LogP contribution >= 0.6 is 0 Å². The largest absolute Gasteiger partial charge is 0.337 e. The summed E-state index contributed by atoms with van der Waals surface area (Å²) in [5, 5.41) is 0. The van der Waals surface area contributed by atoms with Gasteiger partial charge in [-0.2, -0.15) is 4.31 Å². The lowest BCUT2D eigenvalue weighted by Gasteiger charge is -2.34. The minimum Gasteiger partial charge on any atom is -0.337 e. The van der Waals surface area contributed by atoms with Crippen LogP contribution in [0.25, 0.3) is 0 Å². The van der Waals surface area contributed by atoms with Crippen molar-refractivity contribution < 1.29 is 13.2 Å². The van der Waals surface area contributed by atoms with Gasteiger partial charge in [0.25, 0.3) is 5.91 Å². The molecule has 0 aromatic heterocycles. The third-order valence-corrected chi connectivity index (χ3v) is 7.39. The fourth-order valence-electron chi connectivity index (χ4n) is 4.17. The molecular formula is C20H31N3O3S. The lowest BCUT2D eigenvalue weighted by atomic mass is 9.94. The molecule has 27 heavy (non-hydrogen) atoms. The first-order valence-electron chi connectivity index (χ1n) is 9.85. The normalized spacial score (nSPS) is 26.0. The number of hydrogen-bond acceptors (Lipinski definition) is 4. The van der Waals surface area contributed by atoms with E-state index in [9.17, 15) is 13.2 Å². The van der Waals surface area contributed by atoms with Crippen molar-refractivity contribution in [3.05, 3.63) is 29.8 Å². The van der Waals surface area contributed by atoms with Gasteiger partial charge in [-0.15, -0.1) is 0 Å². The van der Waals surface area contributed by atoms with E-state index >= 15 is 0 Å². The fraction of sp³-hybridized carbons (Fsp3) is 0.650. The van der Waals surface area contributed by atoms with Gasteiger partial charge in [0.2, 0.25) is 10.0 Å². The molecule has 2 aliphatic heterocycles. The minimum absolute atomic E-state index is 0.0808. The Bertz CT molecular complexity index is 770. The van der Waals surface area contributed by atoms with Crippen LogP contribution in [-0.4, -0.2) is 74.7 Å². The van der Waals surface area contributed by atoms with Crippen LogP contribution in [0.1, 0.15) is 37.0 Å². The van der Waals surface area contributed by atoms with E-state index in [0.29, 0.717) is 43.6 Å². The first kappa shape index (κ1) is 20.3. The first-order chi connectivity index (χ1) is 12.8. The van der Waals surface area contributed by atoms with Gasteiger partial charge >= 0.3 is 0 Å². The van der Waals surface area contributed by atoms with Gasteiger partial charge < -0.3 is 9.80 Å². The molecule has 3 rings (SSSR count). The maximum Gasteiger partial charge on any atom is 0.253 e. The van der Waals surface area contributed by atoms with Gasteiger partial charge in [-0.05, 0) is 56.5 Å². The molecule has 1 aromatic rings. The summed E-state index contributed by atoms with van der Waals surface area (Å²) in [7, 11) is -1.52. The Morgan fingerprint density at radius 3 is 2.44 bits per heavy atom. The van der Waals surface area contributed by atoms with Gasteiger partial charge in [0, 0.05) is 38.3 Å². The molecule has 2 unspecified atom stereocenters. The molecule has 2 saturated heterocycles. The molecule has 2 fully saturated rings. The van der Waals surface area contributed by atoms with Crippen molar-refractivity contribution in [2.75, 3.05) is 46.3 Å². The number of benzene rings is 1. The first-order valence-corrected chi connectivity index (χ1v) is 11.3. The lowest BCUT2D eigenvalue weighted by molar-refractivity contribution is 0.0762. The van der Waals surface area contributed by atoms with Gasteiger partial charge in [-0.3, -0.25) is 4.79 Å². The summed E-state index contributed by atoms with van der Waals surface area (Å²) >= 11 is 0. The number of piperidine rings is 1. The zero-order valence-electron chi connectivity index (χ0n) is 16.6. The van der Waals surface area contributed by atoms with Crippen LogP contribution in [0, 0.1) is 11.8 Å². The molecule has 0 bridgehead atoms. The molecule has 0 N–H and O–H groups in total. The van der Waals surface area contributed by atoms with Gasteiger partial charge in [0.15, 0.2) is 0 Å². The van der Waals surface area contributed by atoms with Crippen molar-refractivity contribution in [1.82, 2.24) is 14.1 Å². The van der Waals surface area contributed by atoms with E-state index in [2.05, 4.69) is 25.8 Å². The Labute approximate surface area is 163 Å². The number of nitrogens with zero attached hydrogens (tertiary/aromatic N) is 3. The van der Waals surface area contributed by atoms with Gasteiger partial charge in [0.1, 0.15) is 0 Å². The molecule has 6 nitrogen and oxygen atoms in total. The van der Waals surface area contributed by atoms with Crippen molar-refractivity contribution in [2.45, 2.75) is 31.6 Å². The highest BCUT2D eigenvalue weighted by Crippen LogP contribution is 2.27. The molecule has 7 heteroatoms. The summed E-state index contributed by atoms with van der Waals surface area (Å²) < 4.78 is 27.8. The monoisotopic (exact) mass is 393 g/mol. The average Bonchev–Trinajstić information content (AvgIpc) is 2.85. The van der Waals surface area contributed by atoms with E-state index in [0.717, 1.165) is 25.9 Å². The van der Waals surface area contributed by atoms with Gasteiger partial charge in [-0.1, -0.05) is 19.9 Å². The molecule has 150 valence electrons. The summed E-state index contributed by atoms with van der Waals surface area (Å²) in [6.07, 6.45) is 1.98. The van der Waals surface area contributed by atoms with Crippen molar-refractivity contribution in [3.63, 3.8) is 0 Å². The summed E-state index contributed by atoms with van der Waals surface area (Å²) in [5.74, 6) is 0.618. The molecule has 2 atom stereocenters. The smallest absolute Gasteiger partial charge is 0.253 e. The number of sulfonamides is 1. The highest BCUT2D eigenvalue weighted by molar-refractivity contribution is 7.89. The van der Waals surface area contributed by atoms with Crippen LogP contribution in [0.15, 0.2) is 29.2 Å². The molecule has 0 saturated carbocycles. The van der Waals surface area contributed by atoms with Crippen molar-refractivity contribution in [1.29, 1.82) is 0 Å². The summed E-state index contributed by atoms with van der Waals surface area (Å²) in [5.41, 5.74) is 0.457. The van der Waals surface area contributed by atoms with Crippen molar-refractivity contribution in [2.24, 2.45) is 11.8 Å². The van der Waals surface area contributed by atoms with Crippen molar-refractivity contribution in [3.8, 4) is 0 Å². The number of carbonyl (C=O) groups excluding carboxylic acids is 1. The second kappa shape index (κ2) is 8.29. The van der Waals surface area contributed by atoms with Crippen LogP contribution in [-0.2, 0) is 10.0 Å². The zero-order chi connectivity index (χ0) is 19.6. The molecular weight excluding hydrogens is 362 g/mol. The Balaban J connectivity index is 1.81. The topological polar surface area (TPSA) is 60.9 Å². The molecule has 1 amide bonds. The Hall–Kier alpha value is -1.44. The number of carbonyl (C=O) groups is 1.